The molecule has 3 aliphatic rings. The Morgan fingerprint density at radius 2 is 2.15 bits per heavy atom. The van der Waals surface area contributed by atoms with Crippen molar-refractivity contribution in [2.45, 2.75) is 13.0 Å². The molecule has 0 radical (unpaired) electrons. The van der Waals surface area contributed by atoms with Crippen LogP contribution in [0.5, 0.6) is 0 Å². The maximum Gasteiger partial charge on any atom is 0.268 e. The van der Waals surface area contributed by atoms with Gasteiger partial charge in [-0.25, -0.2) is 0 Å². The zero-order valence-electron chi connectivity index (χ0n) is 11.4. The fourth-order valence-electron chi connectivity index (χ4n) is 3.04. The molecule has 5 rings (SSSR count). The first kappa shape index (κ1) is 12.3. The van der Waals surface area contributed by atoms with E-state index in [1.165, 1.54) is 11.3 Å². The van der Waals surface area contributed by atoms with Gasteiger partial charge in [-0.05, 0) is 18.6 Å². The van der Waals surface area contributed by atoms with Gasteiger partial charge in [0.05, 0.1) is 15.9 Å². The Kier molecular flexibility index (Phi) is 2.80. The van der Waals surface area contributed by atoms with Gasteiger partial charge in [-0.3, -0.25) is 9.80 Å². The summed E-state index contributed by atoms with van der Waals surface area (Å²) < 4.78 is 5.45. The van der Waals surface area contributed by atoms with E-state index in [0.717, 1.165) is 54.0 Å². The van der Waals surface area contributed by atoms with Crippen LogP contribution in [0.25, 0.3) is 10.8 Å². The molecular weight excluding hydrogens is 274 g/mol. The zero-order valence-corrected chi connectivity index (χ0v) is 12.2. The number of hydrogen-bond donors (Lipinski definition) is 1. The third kappa shape index (κ3) is 1.93. The summed E-state index contributed by atoms with van der Waals surface area (Å²) >= 11 is 1.50. The van der Waals surface area contributed by atoms with E-state index in [9.17, 15) is 0 Å². The maximum absolute atomic E-state index is 5.83. The third-order valence-electron chi connectivity index (χ3n) is 4.15. The van der Waals surface area contributed by atoms with Crippen molar-refractivity contribution in [2.75, 3.05) is 38.5 Å². The first-order valence-corrected chi connectivity index (χ1v) is 7.68. The Morgan fingerprint density at radius 3 is 2.75 bits per heavy atom. The first-order chi connectivity index (χ1) is 9.70. The molecule has 0 amide bonds. The molecule has 0 aliphatic carbocycles. The largest absolute Gasteiger partial charge is 0.391 e. The van der Waals surface area contributed by atoms with E-state index in [1.54, 1.807) is 0 Å². The molecule has 2 aromatic heterocycles. The van der Waals surface area contributed by atoms with Crippen molar-refractivity contribution in [1.82, 2.24) is 19.9 Å². The van der Waals surface area contributed by atoms with Crippen LogP contribution in [-0.4, -0.2) is 52.7 Å². The predicted molar refractivity (Wildman–Crippen MR) is 77.5 cm³/mol. The van der Waals surface area contributed by atoms with Crippen LogP contribution in [0.3, 0.4) is 0 Å². The molecule has 5 heterocycles. The number of hydrogen-bond acceptors (Lipinski definition) is 7. The SMILES string of the molecule is Cc1cc(N)sc1-c1nc(C2CN3CCN2CC3)no1. The highest BCUT2D eigenvalue weighted by Crippen LogP contribution is 2.34. The quantitative estimate of drug-likeness (QED) is 0.901. The normalized spacial score (nSPS) is 28.9. The van der Waals surface area contributed by atoms with Gasteiger partial charge < -0.3 is 10.3 Å². The van der Waals surface area contributed by atoms with E-state index in [1.807, 2.05) is 13.0 Å². The van der Waals surface area contributed by atoms with Gasteiger partial charge in [0.25, 0.3) is 5.89 Å². The van der Waals surface area contributed by atoms with Crippen LogP contribution in [0.2, 0.25) is 0 Å². The summed E-state index contributed by atoms with van der Waals surface area (Å²) in [6.45, 7) is 7.52. The van der Waals surface area contributed by atoms with Crippen LogP contribution < -0.4 is 5.73 Å². The van der Waals surface area contributed by atoms with Crippen LogP contribution in [0.15, 0.2) is 10.6 Å². The van der Waals surface area contributed by atoms with Gasteiger partial charge in [0.2, 0.25) is 0 Å². The lowest BCUT2D eigenvalue weighted by molar-refractivity contribution is 0.00781. The number of aromatic nitrogens is 2. The fraction of sp³-hybridized carbons (Fsp3) is 0.538. The summed E-state index contributed by atoms with van der Waals surface area (Å²) in [5, 5.41) is 4.98. The summed E-state index contributed by atoms with van der Waals surface area (Å²) in [6, 6.07) is 2.22. The van der Waals surface area contributed by atoms with Crippen LogP contribution >= 0.6 is 11.3 Å². The number of fused-ring (bicyclic) bond motifs is 3. The highest BCUT2D eigenvalue weighted by molar-refractivity contribution is 7.19. The number of nitrogens with two attached hydrogens (primary N) is 1. The molecule has 106 valence electrons. The highest BCUT2D eigenvalue weighted by atomic mass is 32.1. The highest BCUT2D eigenvalue weighted by Gasteiger charge is 2.35. The van der Waals surface area contributed by atoms with E-state index in [-0.39, 0.29) is 6.04 Å². The smallest absolute Gasteiger partial charge is 0.268 e. The summed E-state index contributed by atoms with van der Waals surface area (Å²) in [5.41, 5.74) is 6.92. The van der Waals surface area contributed by atoms with Crippen molar-refractivity contribution in [2.24, 2.45) is 0 Å². The van der Waals surface area contributed by atoms with Gasteiger partial charge in [-0.1, -0.05) is 5.16 Å². The van der Waals surface area contributed by atoms with Crippen molar-refractivity contribution in [1.29, 1.82) is 0 Å². The molecule has 3 saturated heterocycles. The molecule has 0 spiro atoms. The average molecular weight is 291 g/mol. The molecular formula is C13H17N5OS. The molecule has 1 atom stereocenters. The second-order valence-electron chi connectivity index (χ2n) is 5.47. The first-order valence-electron chi connectivity index (χ1n) is 6.87. The molecule has 20 heavy (non-hydrogen) atoms. The molecule has 0 saturated carbocycles. The van der Waals surface area contributed by atoms with Crippen LogP contribution in [0.1, 0.15) is 17.4 Å². The Morgan fingerprint density at radius 1 is 1.35 bits per heavy atom. The van der Waals surface area contributed by atoms with Crippen molar-refractivity contribution >= 4 is 16.3 Å². The number of aryl methyl sites for hydroxylation is 1. The Bertz CT molecular complexity index is 628. The number of rotatable bonds is 2. The van der Waals surface area contributed by atoms with Crippen molar-refractivity contribution < 1.29 is 4.52 Å². The van der Waals surface area contributed by atoms with E-state index in [0.29, 0.717) is 5.89 Å². The molecule has 6 nitrogen and oxygen atoms in total. The average Bonchev–Trinajstić information content (AvgIpc) is 3.06. The van der Waals surface area contributed by atoms with Crippen LogP contribution in [0, 0.1) is 6.92 Å². The minimum Gasteiger partial charge on any atom is -0.391 e. The third-order valence-corrected chi connectivity index (χ3v) is 5.20. The topological polar surface area (TPSA) is 71.4 Å². The Labute approximate surface area is 121 Å². The summed E-state index contributed by atoms with van der Waals surface area (Å²) in [7, 11) is 0. The van der Waals surface area contributed by atoms with Crippen molar-refractivity contribution in [3.63, 3.8) is 0 Å². The molecule has 1 unspecified atom stereocenters. The minimum atomic E-state index is 0.271. The van der Waals surface area contributed by atoms with E-state index in [4.69, 9.17) is 10.3 Å². The Hall–Kier alpha value is -1.44. The predicted octanol–water partition coefficient (Wildman–Crippen LogP) is 1.36. The lowest BCUT2D eigenvalue weighted by atomic mass is 10.1. The molecule has 3 fully saturated rings. The lowest BCUT2D eigenvalue weighted by Gasteiger charge is -2.46. The van der Waals surface area contributed by atoms with Gasteiger partial charge in [-0.15, -0.1) is 11.3 Å². The number of thiophene rings is 1. The summed E-state index contributed by atoms with van der Waals surface area (Å²) in [5.74, 6) is 1.40. The van der Waals surface area contributed by atoms with Crippen molar-refractivity contribution in [3.8, 4) is 10.8 Å². The van der Waals surface area contributed by atoms with Gasteiger partial charge in [-0.2, -0.15) is 4.98 Å². The molecule has 0 aromatic carbocycles. The molecule has 2 aromatic rings. The molecule has 7 heteroatoms. The monoisotopic (exact) mass is 291 g/mol. The van der Waals surface area contributed by atoms with Gasteiger partial charge in [0.1, 0.15) is 0 Å². The number of nitrogen functional groups attached to an aromatic ring is 1. The van der Waals surface area contributed by atoms with E-state index >= 15 is 0 Å². The molecule has 2 bridgehead atoms. The Balaban J connectivity index is 1.64. The fourth-order valence-corrected chi connectivity index (χ4v) is 3.91. The van der Waals surface area contributed by atoms with Gasteiger partial charge in [0, 0.05) is 32.7 Å². The number of nitrogens with zero attached hydrogens (tertiary/aromatic N) is 4. The van der Waals surface area contributed by atoms with Gasteiger partial charge >= 0.3 is 0 Å². The van der Waals surface area contributed by atoms with E-state index in [2.05, 4.69) is 19.9 Å². The van der Waals surface area contributed by atoms with Crippen LogP contribution in [-0.2, 0) is 0 Å². The standard InChI is InChI=1S/C13H17N5OS/c1-8-6-10(14)20-11(8)13-15-12(16-19-13)9-7-17-2-4-18(9)5-3-17/h6,9H,2-5,7,14H2,1H3. The summed E-state index contributed by atoms with van der Waals surface area (Å²) in [6.07, 6.45) is 0. The second-order valence-corrected chi connectivity index (χ2v) is 6.55. The molecule has 3 aliphatic heterocycles. The zero-order chi connectivity index (χ0) is 13.7. The molecule has 2 N–H and O–H groups in total. The lowest BCUT2D eigenvalue weighted by Crippen LogP contribution is -2.57. The van der Waals surface area contributed by atoms with Gasteiger partial charge in [0.15, 0.2) is 5.82 Å². The van der Waals surface area contributed by atoms with E-state index < -0.39 is 0 Å². The number of piperazine rings is 3. The summed E-state index contributed by atoms with van der Waals surface area (Å²) in [4.78, 5) is 10.5. The minimum absolute atomic E-state index is 0.271. The van der Waals surface area contributed by atoms with Crippen LogP contribution in [0.4, 0.5) is 5.00 Å². The maximum atomic E-state index is 5.83. The second kappa shape index (κ2) is 4.54. The number of anilines is 1. The van der Waals surface area contributed by atoms with Crippen molar-refractivity contribution in [3.05, 3.63) is 17.5 Å².